The van der Waals surface area contributed by atoms with E-state index >= 15 is 0 Å². The van der Waals surface area contributed by atoms with Crippen LogP contribution in [-0.2, 0) is 16.0 Å². The van der Waals surface area contributed by atoms with E-state index in [4.69, 9.17) is 27.9 Å². The number of aliphatic hydroxyl groups is 1. The zero-order valence-corrected chi connectivity index (χ0v) is 19.1. The van der Waals surface area contributed by atoms with Crippen LogP contribution in [0.1, 0.15) is 51.3 Å². The molecule has 0 saturated heterocycles. The van der Waals surface area contributed by atoms with Crippen LogP contribution in [0, 0.1) is 6.92 Å². The molecule has 1 N–H and O–H groups in total. The van der Waals surface area contributed by atoms with E-state index in [2.05, 4.69) is 0 Å². The number of carbonyl (C=O) groups is 1. The summed E-state index contributed by atoms with van der Waals surface area (Å²) in [5.41, 5.74) is 2.38. The Kier molecular flexibility index (Phi) is 5.63. The number of hydrogen-bond donors (Lipinski definition) is 1. The Morgan fingerprint density at radius 2 is 1.59 bits per heavy atom. The first-order valence-corrected chi connectivity index (χ1v) is 10.4. The quantitative estimate of drug-likeness (QED) is 0.569. The predicted octanol–water partition coefficient (Wildman–Crippen LogP) is 6.96. The molecule has 0 aromatic heterocycles. The van der Waals surface area contributed by atoms with Crippen LogP contribution in [0.3, 0.4) is 0 Å². The molecular formula is C24H26Cl2O3. The summed E-state index contributed by atoms with van der Waals surface area (Å²) in [5.74, 6) is -0.308. The molecule has 1 aliphatic heterocycles. The van der Waals surface area contributed by atoms with Gasteiger partial charge < -0.3 is 9.84 Å². The predicted molar refractivity (Wildman–Crippen MR) is 120 cm³/mol. The van der Waals surface area contributed by atoms with Crippen LogP contribution in [0.25, 0.3) is 16.7 Å². The minimum atomic E-state index is -1.05. The Labute approximate surface area is 182 Å². The lowest BCUT2D eigenvalue weighted by Gasteiger charge is -2.40. The fourth-order valence-electron chi connectivity index (χ4n) is 3.94. The molecule has 2 aromatic rings. The monoisotopic (exact) mass is 432 g/mol. The van der Waals surface area contributed by atoms with E-state index in [1.165, 1.54) is 0 Å². The molecule has 0 fully saturated rings. The summed E-state index contributed by atoms with van der Waals surface area (Å²) in [6.07, 6.45) is 0.705. The zero-order valence-electron chi connectivity index (χ0n) is 17.6. The molecule has 0 amide bonds. The molecule has 154 valence electrons. The second-order valence-corrected chi connectivity index (χ2v) is 9.32. The van der Waals surface area contributed by atoms with Crippen molar-refractivity contribution in [3.05, 3.63) is 62.8 Å². The van der Waals surface area contributed by atoms with Crippen LogP contribution in [0.15, 0.2) is 36.1 Å². The molecule has 0 unspecified atom stereocenters. The van der Waals surface area contributed by atoms with E-state index in [-0.39, 0.29) is 11.5 Å². The first-order chi connectivity index (χ1) is 13.4. The number of aliphatic hydroxyl groups excluding tert-OH is 1. The van der Waals surface area contributed by atoms with Crippen LogP contribution in [0.5, 0.6) is 0 Å². The Bertz CT molecular complexity index is 1010. The average Bonchev–Trinajstić information content (AvgIpc) is 2.59. The van der Waals surface area contributed by atoms with Crippen molar-refractivity contribution in [1.82, 2.24) is 0 Å². The van der Waals surface area contributed by atoms with E-state index in [1.54, 1.807) is 27.7 Å². The first-order valence-electron chi connectivity index (χ1n) is 9.67. The molecule has 29 heavy (non-hydrogen) atoms. The van der Waals surface area contributed by atoms with Gasteiger partial charge in [-0.25, -0.2) is 0 Å². The minimum Gasteiger partial charge on any atom is -0.508 e. The number of benzene rings is 2. The second kappa shape index (κ2) is 7.46. The van der Waals surface area contributed by atoms with Crippen LogP contribution >= 0.6 is 23.2 Å². The van der Waals surface area contributed by atoms with Gasteiger partial charge >= 0.3 is 0 Å². The molecule has 0 radical (unpaired) electrons. The molecular weight excluding hydrogens is 407 g/mol. The van der Waals surface area contributed by atoms with Crippen LogP contribution in [0.4, 0.5) is 0 Å². The SMILES string of the molecule is CCc1ccc(-c2c(Cl)cc(C)cc2Cl)cc1C1=C(O)C(C)(C)OC(C)(C)C1=O. The van der Waals surface area contributed by atoms with Crippen molar-refractivity contribution in [2.45, 2.75) is 59.2 Å². The van der Waals surface area contributed by atoms with Crippen LogP contribution in [-0.4, -0.2) is 22.1 Å². The third kappa shape index (κ3) is 3.84. The van der Waals surface area contributed by atoms with Gasteiger partial charge in [-0.2, -0.15) is 0 Å². The van der Waals surface area contributed by atoms with E-state index in [1.807, 2.05) is 44.2 Å². The lowest BCUT2D eigenvalue weighted by molar-refractivity contribution is -0.158. The highest BCUT2D eigenvalue weighted by atomic mass is 35.5. The highest BCUT2D eigenvalue weighted by molar-refractivity contribution is 6.39. The van der Waals surface area contributed by atoms with Crippen molar-refractivity contribution < 1.29 is 14.6 Å². The Morgan fingerprint density at radius 1 is 1.00 bits per heavy atom. The number of halogens is 2. The number of ether oxygens (including phenoxy) is 1. The van der Waals surface area contributed by atoms with Crippen molar-refractivity contribution >= 4 is 34.6 Å². The number of hydrogen-bond acceptors (Lipinski definition) is 3. The molecule has 0 aliphatic carbocycles. The van der Waals surface area contributed by atoms with Crippen molar-refractivity contribution in [1.29, 1.82) is 0 Å². The molecule has 3 rings (SSSR count). The first kappa shape index (κ1) is 21.9. The van der Waals surface area contributed by atoms with E-state index in [9.17, 15) is 9.90 Å². The number of Topliss-reactive ketones (excluding diaryl/α,β-unsaturated/α-hetero) is 1. The minimum absolute atomic E-state index is 0.0604. The number of aryl methyl sites for hydroxylation is 2. The van der Waals surface area contributed by atoms with Gasteiger partial charge in [0.05, 0.1) is 15.6 Å². The molecule has 3 nitrogen and oxygen atoms in total. The number of ketones is 1. The summed E-state index contributed by atoms with van der Waals surface area (Å²) in [6, 6.07) is 9.52. The maximum Gasteiger partial charge on any atom is 0.198 e. The molecule has 0 saturated carbocycles. The van der Waals surface area contributed by atoms with Gasteiger partial charge in [-0.3, -0.25) is 4.79 Å². The lowest BCUT2D eigenvalue weighted by atomic mass is 9.80. The molecule has 0 bridgehead atoms. The van der Waals surface area contributed by atoms with Gasteiger partial charge in [0, 0.05) is 5.56 Å². The largest absolute Gasteiger partial charge is 0.508 e. The van der Waals surface area contributed by atoms with Gasteiger partial charge in [0.2, 0.25) is 0 Å². The summed E-state index contributed by atoms with van der Waals surface area (Å²) >= 11 is 13.0. The molecule has 2 aromatic carbocycles. The van der Waals surface area contributed by atoms with Crippen molar-refractivity contribution in [3.8, 4) is 11.1 Å². The summed E-state index contributed by atoms with van der Waals surface area (Å²) in [4.78, 5) is 13.2. The Hall–Kier alpha value is -1.81. The van der Waals surface area contributed by atoms with Crippen molar-refractivity contribution in [2.75, 3.05) is 0 Å². The van der Waals surface area contributed by atoms with Gasteiger partial charge in [-0.1, -0.05) is 42.3 Å². The molecule has 0 spiro atoms. The Morgan fingerprint density at radius 3 is 2.14 bits per heavy atom. The van der Waals surface area contributed by atoms with Gasteiger partial charge in [-0.15, -0.1) is 0 Å². The molecule has 1 heterocycles. The average molecular weight is 433 g/mol. The maximum atomic E-state index is 13.2. The maximum absolute atomic E-state index is 13.2. The third-order valence-corrected chi connectivity index (χ3v) is 5.92. The normalized spacial score (nSPS) is 18.3. The Balaban J connectivity index is 2.31. The van der Waals surface area contributed by atoms with E-state index < -0.39 is 11.2 Å². The van der Waals surface area contributed by atoms with E-state index in [0.717, 1.165) is 16.7 Å². The lowest BCUT2D eigenvalue weighted by Crippen LogP contribution is -2.49. The fourth-order valence-corrected chi connectivity index (χ4v) is 4.76. The standard InChI is InChI=1S/C24H26Cl2O3/c1-7-14-8-9-15(19-17(25)10-13(2)11-18(19)26)12-16(14)20-21(27)23(3,4)29-24(5,6)22(20)28/h8-12,27H,7H2,1-6H3. The van der Waals surface area contributed by atoms with Gasteiger partial charge in [0.1, 0.15) is 17.0 Å². The van der Waals surface area contributed by atoms with Crippen molar-refractivity contribution in [2.24, 2.45) is 0 Å². The van der Waals surface area contributed by atoms with Crippen LogP contribution < -0.4 is 0 Å². The number of carbonyl (C=O) groups excluding carboxylic acids is 1. The highest BCUT2D eigenvalue weighted by Gasteiger charge is 2.47. The topological polar surface area (TPSA) is 46.5 Å². The smallest absolute Gasteiger partial charge is 0.198 e. The second-order valence-electron chi connectivity index (χ2n) is 8.50. The summed E-state index contributed by atoms with van der Waals surface area (Å²) in [6.45, 7) is 10.9. The van der Waals surface area contributed by atoms with Crippen LogP contribution in [0.2, 0.25) is 10.0 Å². The molecule has 1 aliphatic rings. The number of rotatable bonds is 3. The zero-order chi connectivity index (χ0) is 21.7. The van der Waals surface area contributed by atoms with Gasteiger partial charge in [0.15, 0.2) is 5.78 Å². The molecule has 0 atom stereocenters. The summed E-state index contributed by atoms with van der Waals surface area (Å²) < 4.78 is 5.88. The van der Waals surface area contributed by atoms with Gasteiger partial charge in [0.25, 0.3) is 0 Å². The van der Waals surface area contributed by atoms with E-state index in [0.29, 0.717) is 33.2 Å². The summed E-state index contributed by atoms with van der Waals surface area (Å²) in [7, 11) is 0. The van der Waals surface area contributed by atoms with Gasteiger partial charge in [-0.05, 0) is 81.5 Å². The van der Waals surface area contributed by atoms with Crippen molar-refractivity contribution in [3.63, 3.8) is 0 Å². The highest BCUT2D eigenvalue weighted by Crippen LogP contribution is 2.43. The third-order valence-electron chi connectivity index (χ3n) is 5.33. The summed E-state index contributed by atoms with van der Waals surface area (Å²) in [5, 5.41) is 12.0. The molecule has 5 heteroatoms. The fraction of sp³-hybridized carbons (Fsp3) is 0.375.